The molecule has 1 N–H and O–H groups in total. The highest BCUT2D eigenvalue weighted by atomic mass is 19.4. The molecule has 0 saturated carbocycles. The first-order valence-corrected chi connectivity index (χ1v) is 16.2. The van der Waals surface area contributed by atoms with Crippen LogP contribution in [0, 0.1) is 31.4 Å². The van der Waals surface area contributed by atoms with Gasteiger partial charge in [0.15, 0.2) is 0 Å². The molecule has 50 heavy (non-hydrogen) atoms. The average molecular weight is 718 g/mol. The fraction of sp³-hybridized carbons (Fsp3) is 0.500. The van der Waals surface area contributed by atoms with Gasteiger partial charge in [-0.3, -0.25) is 9.59 Å². The lowest BCUT2D eigenvalue weighted by molar-refractivity contribution is -0.143. The molecule has 0 aliphatic carbocycles. The largest absolute Gasteiger partial charge is 0.466 e. The molecule has 0 spiro atoms. The van der Waals surface area contributed by atoms with Gasteiger partial charge in [-0.2, -0.15) is 26.3 Å². The van der Waals surface area contributed by atoms with E-state index in [1.54, 1.807) is 64.9 Å². The van der Waals surface area contributed by atoms with Crippen molar-refractivity contribution in [2.24, 2.45) is 5.92 Å². The van der Waals surface area contributed by atoms with E-state index in [1.807, 2.05) is 0 Å². The minimum absolute atomic E-state index is 0.0583. The average Bonchev–Trinajstić information content (AvgIpc) is 2.98. The van der Waals surface area contributed by atoms with E-state index in [1.165, 1.54) is 6.92 Å². The second-order valence-electron chi connectivity index (χ2n) is 13.0. The number of likely N-dealkylation sites (N-methyl/N-ethyl adjacent to an activating group) is 1. The number of aryl methyl sites for hydroxylation is 2. The molecule has 0 aliphatic rings. The minimum Gasteiger partial charge on any atom is -0.466 e. The SMILES string of the molecule is CCOC(=O)C[C@H](NC[C@H](CC(C)C)n1cc(CCN(C)C)c(C(F)(F)F)cc1=O)c1c(F)c(-c2c(C)cccc2C)cc(C(F)(F)F)c1F. The number of pyridine rings is 1. The van der Waals surface area contributed by atoms with Crippen LogP contribution < -0.4 is 10.9 Å². The number of nitrogens with one attached hydrogen (secondary N) is 1. The normalized spacial score (nSPS) is 13.6. The van der Waals surface area contributed by atoms with Crippen molar-refractivity contribution in [3.8, 4) is 11.1 Å². The third-order valence-corrected chi connectivity index (χ3v) is 8.35. The first-order chi connectivity index (χ1) is 23.2. The summed E-state index contributed by atoms with van der Waals surface area (Å²) in [4.78, 5) is 27.6. The lowest BCUT2D eigenvalue weighted by atomic mass is 9.89. The van der Waals surface area contributed by atoms with Crippen molar-refractivity contribution in [3.63, 3.8) is 0 Å². The molecule has 276 valence electrons. The molecule has 0 amide bonds. The summed E-state index contributed by atoms with van der Waals surface area (Å²) in [7, 11) is 3.35. The molecule has 0 saturated heterocycles. The van der Waals surface area contributed by atoms with Crippen molar-refractivity contribution in [1.82, 2.24) is 14.8 Å². The number of carbonyl (C=O) groups excluding carboxylic acids is 1. The number of aromatic nitrogens is 1. The Kier molecular flexibility index (Phi) is 13.4. The Bertz CT molecular complexity index is 1690. The topological polar surface area (TPSA) is 63.6 Å². The van der Waals surface area contributed by atoms with Crippen molar-refractivity contribution in [1.29, 1.82) is 0 Å². The maximum atomic E-state index is 16.5. The zero-order chi connectivity index (χ0) is 37.7. The quantitative estimate of drug-likeness (QED) is 0.134. The van der Waals surface area contributed by atoms with E-state index in [2.05, 4.69) is 5.32 Å². The molecule has 2 aromatic carbocycles. The summed E-state index contributed by atoms with van der Waals surface area (Å²) >= 11 is 0. The molecule has 6 nitrogen and oxygen atoms in total. The Balaban J connectivity index is 2.24. The molecule has 2 atom stereocenters. The van der Waals surface area contributed by atoms with E-state index in [4.69, 9.17) is 4.74 Å². The summed E-state index contributed by atoms with van der Waals surface area (Å²) in [6.07, 6.45) is -9.63. The fourth-order valence-corrected chi connectivity index (χ4v) is 6.06. The summed E-state index contributed by atoms with van der Waals surface area (Å²) < 4.78 is 123. The number of benzene rings is 2. The number of hydrogen-bond donors (Lipinski definition) is 1. The van der Waals surface area contributed by atoms with Crippen molar-refractivity contribution >= 4 is 5.97 Å². The van der Waals surface area contributed by atoms with Gasteiger partial charge in [-0.05, 0) is 81.9 Å². The van der Waals surface area contributed by atoms with Crippen LogP contribution in [0.3, 0.4) is 0 Å². The van der Waals surface area contributed by atoms with Crippen LogP contribution in [0.5, 0.6) is 0 Å². The molecule has 0 radical (unpaired) electrons. The van der Waals surface area contributed by atoms with E-state index >= 15 is 8.78 Å². The van der Waals surface area contributed by atoms with Gasteiger partial charge in [0.2, 0.25) is 0 Å². The summed E-state index contributed by atoms with van der Waals surface area (Å²) in [5.41, 5.74) is -4.60. The maximum Gasteiger partial charge on any atom is 0.419 e. The Hall–Kier alpha value is -3.78. The summed E-state index contributed by atoms with van der Waals surface area (Å²) in [6.45, 7) is 7.94. The molecular weight excluding hydrogens is 674 g/mol. The van der Waals surface area contributed by atoms with Gasteiger partial charge in [0.1, 0.15) is 11.6 Å². The molecule has 0 fully saturated rings. The van der Waals surface area contributed by atoms with Gasteiger partial charge in [0.05, 0.1) is 24.2 Å². The molecule has 1 heterocycles. The third kappa shape index (κ3) is 9.93. The van der Waals surface area contributed by atoms with Crippen LogP contribution >= 0.6 is 0 Å². The van der Waals surface area contributed by atoms with Crippen LogP contribution in [0.25, 0.3) is 11.1 Å². The number of ether oxygens (including phenoxy) is 1. The number of esters is 1. The first kappa shape index (κ1) is 40.6. The van der Waals surface area contributed by atoms with Gasteiger partial charge in [0.25, 0.3) is 5.56 Å². The standard InChI is InChI=1S/C36H43F8N3O3/c1-8-50-30(49)17-28(32-33(37)25(15-27(34(32)38)36(42,43)44)31-21(4)10-9-11-22(31)5)45-18-24(14-20(2)3)47-19-23(12-13-46(6)7)26(16-29(47)48)35(39,40)41/h9-11,15-16,19-20,24,28,45H,8,12-14,17-18H2,1-7H3/t24-,28-/m0/s1. The smallest absolute Gasteiger partial charge is 0.419 e. The van der Waals surface area contributed by atoms with Gasteiger partial charge in [-0.25, -0.2) is 8.78 Å². The summed E-state index contributed by atoms with van der Waals surface area (Å²) in [5, 5.41) is 2.80. The third-order valence-electron chi connectivity index (χ3n) is 8.35. The van der Waals surface area contributed by atoms with Gasteiger partial charge < -0.3 is 19.5 Å². The first-order valence-electron chi connectivity index (χ1n) is 16.2. The zero-order valence-corrected chi connectivity index (χ0v) is 29.1. The molecule has 0 aliphatic heterocycles. The number of nitrogens with zero attached hydrogens (tertiary/aromatic N) is 2. The van der Waals surface area contributed by atoms with Crippen molar-refractivity contribution in [2.75, 3.05) is 33.8 Å². The fourth-order valence-electron chi connectivity index (χ4n) is 6.06. The van der Waals surface area contributed by atoms with E-state index in [0.29, 0.717) is 23.3 Å². The Labute approximate surface area is 286 Å². The molecule has 14 heteroatoms. The Morgan fingerprint density at radius 1 is 0.960 bits per heavy atom. The number of hydrogen-bond acceptors (Lipinski definition) is 5. The molecule has 1 aromatic heterocycles. The number of alkyl halides is 6. The van der Waals surface area contributed by atoms with Crippen molar-refractivity contribution in [2.45, 2.75) is 78.3 Å². The van der Waals surface area contributed by atoms with Gasteiger partial charge in [0, 0.05) is 48.6 Å². The second-order valence-corrected chi connectivity index (χ2v) is 13.0. The highest BCUT2D eigenvalue weighted by molar-refractivity contribution is 5.74. The lowest BCUT2D eigenvalue weighted by Gasteiger charge is -2.28. The predicted molar refractivity (Wildman–Crippen MR) is 175 cm³/mol. The molecule has 0 unspecified atom stereocenters. The Morgan fingerprint density at radius 2 is 1.56 bits per heavy atom. The number of carbonyl (C=O) groups is 1. The van der Waals surface area contributed by atoms with E-state index in [9.17, 15) is 35.9 Å². The van der Waals surface area contributed by atoms with Crippen LogP contribution in [-0.4, -0.2) is 49.2 Å². The van der Waals surface area contributed by atoms with E-state index < -0.39 is 76.3 Å². The van der Waals surface area contributed by atoms with Crippen molar-refractivity contribution in [3.05, 3.63) is 91.9 Å². The van der Waals surface area contributed by atoms with Crippen LogP contribution in [-0.2, 0) is 28.3 Å². The molecule has 3 rings (SSSR count). The van der Waals surface area contributed by atoms with Crippen LogP contribution in [0.2, 0.25) is 0 Å². The Morgan fingerprint density at radius 3 is 2.08 bits per heavy atom. The zero-order valence-electron chi connectivity index (χ0n) is 29.1. The molecular formula is C36H43F8N3O3. The second kappa shape index (κ2) is 16.5. The summed E-state index contributed by atoms with van der Waals surface area (Å²) in [5.74, 6) is -4.37. The van der Waals surface area contributed by atoms with Gasteiger partial charge in [-0.1, -0.05) is 32.0 Å². The lowest BCUT2D eigenvalue weighted by Crippen LogP contribution is -2.37. The van der Waals surface area contributed by atoms with Crippen LogP contribution in [0.15, 0.2) is 41.3 Å². The summed E-state index contributed by atoms with van der Waals surface area (Å²) in [6, 6.07) is 3.02. The van der Waals surface area contributed by atoms with Gasteiger partial charge in [-0.15, -0.1) is 0 Å². The number of rotatable bonds is 14. The highest BCUT2D eigenvalue weighted by Gasteiger charge is 2.40. The number of halogens is 8. The van der Waals surface area contributed by atoms with Crippen LogP contribution in [0.4, 0.5) is 35.1 Å². The van der Waals surface area contributed by atoms with Gasteiger partial charge >= 0.3 is 18.3 Å². The molecule has 0 bridgehead atoms. The highest BCUT2D eigenvalue weighted by Crippen LogP contribution is 2.42. The van der Waals surface area contributed by atoms with Crippen LogP contribution in [0.1, 0.15) is 79.1 Å². The minimum atomic E-state index is -5.25. The predicted octanol–water partition coefficient (Wildman–Crippen LogP) is 8.42. The maximum absolute atomic E-state index is 16.5. The van der Waals surface area contributed by atoms with E-state index in [0.717, 1.165) is 10.8 Å². The monoisotopic (exact) mass is 717 g/mol. The molecule has 3 aromatic rings. The van der Waals surface area contributed by atoms with E-state index in [-0.39, 0.29) is 49.6 Å². The van der Waals surface area contributed by atoms with Crippen molar-refractivity contribution < 1.29 is 44.7 Å².